The highest BCUT2D eigenvalue weighted by Gasteiger charge is 2.29. The van der Waals surface area contributed by atoms with Gasteiger partial charge in [-0.15, -0.1) is 0 Å². The van der Waals surface area contributed by atoms with E-state index in [0.29, 0.717) is 17.7 Å². The largest absolute Gasteiger partial charge is 0.484 e. The topological polar surface area (TPSA) is 29.5 Å². The average Bonchev–Trinajstić information content (AvgIpc) is 2.35. The molecule has 6 heteroatoms. The van der Waals surface area contributed by atoms with Gasteiger partial charge >= 0.3 is 6.18 Å². The molecular formula is C15H18F3NO2. The summed E-state index contributed by atoms with van der Waals surface area (Å²) in [5.41, 5.74) is 2.03. The Hall–Kier alpha value is -1.98. The van der Waals surface area contributed by atoms with E-state index < -0.39 is 12.8 Å². The van der Waals surface area contributed by atoms with Crippen LogP contribution in [0.15, 0.2) is 24.8 Å². The van der Waals surface area contributed by atoms with E-state index in [2.05, 4.69) is 6.58 Å². The molecule has 0 heterocycles. The standard InChI is InChI=1S/C15H18F3NO2/c1-5-13(20)19(4)8-12-6-10(2)14(11(3)7-12)21-9-15(16,17)18/h5-7H,1,8-9H2,2-4H3. The van der Waals surface area contributed by atoms with Crippen molar-refractivity contribution in [2.24, 2.45) is 0 Å². The van der Waals surface area contributed by atoms with Crippen LogP contribution in [0, 0.1) is 13.8 Å². The van der Waals surface area contributed by atoms with Crippen LogP contribution in [-0.2, 0) is 11.3 Å². The van der Waals surface area contributed by atoms with E-state index in [4.69, 9.17) is 4.74 Å². The molecule has 0 aliphatic carbocycles. The number of likely N-dealkylation sites (N-methyl/N-ethyl adjacent to an activating group) is 1. The molecule has 0 fully saturated rings. The van der Waals surface area contributed by atoms with Crippen LogP contribution in [0.4, 0.5) is 13.2 Å². The van der Waals surface area contributed by atoms with E-state index >= 15 is 0 Å². The van der Waals surface area contributed by atoms with Crippen molar-refractivity contribution in [2.45, 2.75) is 26.6 Å². The average molecular weight is 301 g/mol. The molecule has 0 spiro atoms. The zero-order chi connectivity index (χ0) is 16.2. The highest BCUT2D eigenvalue weighted by Crippen LogP contribution is 2.27. The van der Waals surface area contributed by atoms with Gasteiger partial charge in [-0.1, -0.05) is 18.7 Å². The van der Waals surface area contributed by atoms with Gasteiger partial charge < -0.3 is 9.64 Å². The molecule has 1 aromatic rings. The van der Waals surface area contributed by atoms with Crippen LogP contribution >= 0.6 is 0 Å². The summed E-state index contributed by atoms with van der Waals surface area (Å²) in [5.74, 6) is 0.0106. The van der Waals surface area contributed by atoms with E-state index in [9.17, 15) is 18.0 Å². The number of carbonyl (C=O) groups is 1. The number of amides is 1. The van der Waals surface area contributed by atoms with Crippen molar-refractivity contribution in [2.75, 3.05) is 13.7 Å². The SMILES string of the molecule is C=CC(=O)N(C)Cc1cc(C)c(OCC(F)(F)F)c(C)c1. The molecule has 3 nitrogen and oxygen atoms in total. The molecule has 0 saturated carbocycles. The lowest BCUT2D eigenvalue weighted by molar-refractivity contribution is -0.153. The lowest BCUT2D eigenvalue weighted by atomic mass is 10.1. The number of alkyl halides is 3. The van der Waals surface area contributed by atoms with Gasteiger partial charge in [-0.05, 0) is 36.6 Å². The third-order valence-corrected chi connectivity index (χ3v) is 2.87. The first-order valence-electron chi connectivity index (χ1n) is 6.31. The first-order valence-corrected chi connectivity index (χ1v) is 6.31. The van der Waals surface area contributed by atoms with Crippen molar-refractivity contribution < 1.29 is 22.7 Å². The quantitative estimate of drug-likeness (QED) is 0.780. The minimum absolute atomic E-state index is 0.220. The predicted octanol–water partition coefficient (Wildman–Crippen LogP) is 3.39. The number of nitrogens with zero attached hydrogens (tertiary/aromatic N) is 1. The van der Waals surface area contributed by atoms with E-state index in [1.54, 1.807) is 33.0 Å². The molecule has 0 saturated heterocycles. The summed E-state index contributed by atoms with van der Waals surface area (Å²) in [7, 11) is 1.63. The predicted molar refractivity (Wildman–Crippen MR) is 74.1 cm³/mol. The molecule has 0 aliphatic heterocycles. The summed E-state index contributed by atoms with van der Waals surface area (Å²) in [6.07, 6.45) is -3.16. The summed E-state index contributed by atoms with van der Waals surface area (Å²) < 4.78 is 41.5. The maximum absolute atomic E-state index is 12.2. The third kappa shape index (κ3) is 5.13. The minimum Gasteiger partial charge on any atom is -0.484 e. The maximum atomic E-state index is 12.2. The minimum atomic E-state index is -4.37. The van der Waals surface area contributed by atoms with Crippen molar-refractivity contribution in [3.05, 3.63) is 41.5 Å². The lowest BCUT2D eigenvalue weighted by Gasteiger charge is -2.18. The number of rotatable bonds is 5. The number of hydrogen-bond donors (Lipinski definition) is 0. The molecule has 0 bridgehead atoms. The molecule has 0 N–H and O–H groups in total. The van der Waals surface area contributed by atoms with Gasteiger partial charge in [0.05, 0.1) is 0 Å². The Morgan fingerprint density at radius 1 is 1.33 bits per heavy atom. The molecule has 116 valence electrons. The van der Waals surface area contributed by atoms with Crippen LogP contribution in [-0.4, -0.2) is 30.6 Å². The lowest BCUT2D eigenvalue weighted by Crippen LogP contribution is -2.24. The van der Waals surface area contributed by atoms with Crippen LogP contribution in [0.1, 0.15) is 16.7 Å². The van der Waals surface area contributed by atoms with E-state index in [0.717, 1.165) is 5.56 Å². The molecule has 21 heavy (non-hydrogen) atoms. The van der Waals surface area contributed by atoms with Crippen LogP contribution < -0.4 is 4.74 Å². The Kier molecular flexibility index (Phi) is 5.41. The zero-order valence-electron chi connectivity index (χ0n) is 12.3. The second-order valence-corrected chi connectivity index (χ2v) is 4.86. The Morgan fingerprint density at radius 3 is 2.29 bits per heavy atom. The Balaban J connectivity index is 2.89. The molecule has 0 aliphatic rings. The maximum Gasteiger partial charge on any atom is 0.422 e. The van der Waals surface area contributed by atoms with Crippen LogP contribution in [0.5, 0.6) is 5.75 Å². The van der Waals surface area contributed by atoms with Gasteiger partial charge in [-0.3, -0.25) is 4.79 Å². The molecule has 1 aromatic carbocycles. The van der Waals surface area contributed by atoms with Crippen molar-refractivity contribution in [1.82, 2.24) is 4.90 Å². The summed E-state index contributed by atoms with van der Waals surface area (Å²) >= 11 is 0. The highest BCUT2D eigenvalue weighted by atomic mass is 19.4. The fraction of sp³-hybridized carbons (Fsp3) is 0.400. The fourth-order valence-electron chi connectivity index (χ4n) is 2.02. The Labute approximate surface area is 122 Å². The van der Waals surface area contributed by atoms with Crippen molar-refractivity contribution >= 4 is 5.91 Å². The second-order valence-electron chi connectivity index (χ2n) is 4.86. The number of ether oxygens (including phenoxy) is 1. The number of halogens is 3. The molecule has 1 amide bonds. The van der Waals surface area contributed by atoms with Crippen molar-refractivity contribution in [1.29, 1.82) is 0 Å². The normalized spacial score (nSPS) is 11.1. The first kappa shape index (κ1) is 17.1. The monoisotopic (exact) mass is 301 g/mol. The van der Waals surface area contributed by atoms with Crippen LogP contribution in [0.3, 0.4) is 0 Å². The molecular weight excluding hydrogens is 283 g/mol. The summed E-state index contributed by atoms with van der Waals surface area (Å²) in [6, 6.07) is 3.43. The Bertz CT molecular complexity index is 515. The van der Waals surface area contributed by atoms with Crippen LogP contribution in [0.2, 0.25) is 0 Å². The van der Waals surface area contributed by atoms with Gasteiger partial charge in [0.1, 0.15) is 5.75 Å². The summed E-state index contributed by atoms with van der Waals surface area (Å²) in [4.78, 5) is 12.9. The van der Waals surface area contributed by atoms with Crippen molar-refractivity contribution in [3.8, 4) is 5.75 Å². The summed E-state index contributed by atoms with van der Waals surface area (Å²) in [5, 5.41) is 0. The number of carbonyl (C=O) groups excluding carboxylic acids is 1. The fourth-order valence-corrected chi connectivity index (χ4v) is 2.02. The highest BCUT2D eigenvalue weighted by molar-refractivity contribution is 5.86. The number of benzene rings is 1. The first-order chi connectivity index (χ1) is 9.64. The molecule has 0 unspecified atom stereocenters. The van der Waals surface area contributed by atoms with E-state index in [-0.39, 0.29) is 11.7 Å². The van der Waals surface area contributed by atoms with Gasteiger partial charge in [-0.2, -0.15) is 13.2 Å². The van der Waals surface area contributed by atoms with Crippen LogP contribution in [0.25, 0.3) is 0 Å². The van der Waals surface area contributed by atoms with E-state index in [1.165, 1.54) is 11.0 Å². The molecule has 0 atom stereocenters. The molecule has 0 radical (unpaired) electrons. The summed E-state index contributed by atoms with van der Waals surface area (Å²) in [6.45, 7) is 5.79. The third-order valence-electron chi connectivity index (χ3n) is 2.87. The zero-order valence-corrected chi connectivity index (χ0v) is 12.3. The number of hydrogen-bond acceptors (Lipinski definition) is 2. The van der Waals surface area contributed by atoms with Gasteiger partial charge in [0.2, 0.25) is 5.91 Å². The van der Waals surface area contributed by atoms with Gasteiger partial charge in [0.15, 0.2) is 6.61 Å². The van der Waals surface area contributed by atoms with Gasteiger partial charge in [0.25, 0.3) is 0 Å². The second kappa shape index (κ2) is 6.65. The molecule has 0 aromatic heterocycles. The van der Waals surface area contributed by atoms with E-state index in [1.807, 2.05) is 0 Å². The number of aryl methyl sites for hydroxylation is 2. The molecule has 1 rings (SSSR count). The van der Waals surface area contributed by atoms with Gasteiger partial charge in [0, 0.05) is 13.6 Å². The van der Waals surface area contributed by atoms with Gasteiger partial charge in [-0.25, -0.2) is 0 Å². The van der Waals surface area contributed by atoms with Crippen molar-refractivity contribution in [3.63, 3.8) is 0 Å². The Morgan fingerprint density at radius 2 is 1.86 bits per heavy atom. The smallest absolute Gasteiger partial charge is 0.422 e.